The number of carbonyl (C=O) groups excluding carboxylic acids is 1. The van der Waals surface area contributed by atoms with Crippen LogP contribution in [0.2, 0.25) is 0 Å². The maximum Gasteiger partial charge on any atom is 0.410 e. The molecule has 0 saturated carbocycles. The zero-order valence-electron chi connectivity index (χ0n) is 26.8. The van der Waals surface area contributed by atoms with Crippen LogP contribution < -0.4 is 0 Å². The molecule has 236 valence electrons. The van der Waals surface area contributed by atoms with Crippen molar-refractivity contribution in [2.24, 2.45) is 0 Å². The fourth-order valence-corrected chi connectivity index (χ4v) is 6.22. The van der Waals surface area contributed by atoms with Gasteiger partial charge < -0.3 is 14.7 Å². The van der Waals surface area contributed by atoms with E-state index < -0.39 is 11.7 Å². The van der Waals surface area contributed by atoms with Crippen molar-refractivity contribution >= 4 is 6.09 Å². The van der Waals surface area contributed by atoms with E-state index in [0.717, 1.165) is 18.7 Å². The normalized spacial score (nSPS) is 17.2. The van der Waals surface area contributed by atoms with E-state index >= 15 is 0 Å². The first kappa shape index (κ1) is 32.4. The van der Waals surface area contributed by atoms with Gasteiger partial charge in [0.2, 0.25) is 0 Å². The monoisotopic (exact) mass is 605 g/mol. The van der Waals surface area contributed by atoms with Gasteiger partial charge in [-0.3, -0.25) is 9.80 Å². The van der Waals surface area contributed by atoms with E-state index in [1.54, 1.807) is 0 Å². The molecule has 4 aromatic rings. The van der Waals surface area contributed by atoms with E-state index in [4.69, 9.17) is 4.74 Å². The highest BCUT2D eigenvalue weighted by atomic mass is 16.6. The van der Waals surface area contributed by atoms with Crippen molar-refractivity contribution in [2.75, 3.05) is 19.6 Å². The predicted octanol–water partition coefficient (Wildman–Crippen LogP) is 7.30. The van der Waals surface area contributed by atoms with Crippen LogP contribution in [0.4, 0.5) is 4.79 Å². The highest BCUT2D eigenvalue weighted by Gasteiger charge is 2.38. The molecule has 2 unspecified atom stereocenters. The molecule has 1 saturated heterocycles. The molecule has 1 fully saturated rings. The van der Waals surface area contributed by atoms with Crippen LogP contribution >= 0.6 is 0 Å². The molecule has 1 heterocycles. The van der Waals surface area contributed by atoms with Crippen molar-refractivity contribution in [1.82, 2.24) is 14.7 Å². The van der Waals surface area contributed by atoms with Crippen LogP contribution in [0.15, 0.2) is 121 Å². The Balaban J connectivity index is 1.50. The number of piperazine rings is 1. The average Bonchev–Trinajstić information content (AvgIpc) is 3.04. The second-order valence-electron chi connectivity index (χ2n) is 13.1. The number of aliphatic hydroxyl groups excluding tert-OH is 1. The van der Waals surface area contributed by atoms with Crippen LogP contribution in [0, 0.1) is 0 Å². The highest BCUT2D eigenvalue weighted by molar-refractivity contribution is 5.68. The molecular formula is C39H47N3O3. The number of amides is 1. The molecule has 4 aromatic carbocycles. The topological polar surface area (TPSA) is 56.3 Å². The van der Waals surface area contributed by atoms with E-state index in [9.17, 15) is 9.90 Å². The van der Waals surface area contributed by atoms with Gasteiger partial charge in [0.15, 0.2) is 0 Å². The number of ether oxygens (including phenoxy) is 1. The lowest BCUT2D eigenvalue weighted by atomic mass is 9.92. The lowest BCUT2D eigenvalue weighted by Gasteiger charge is -2.45. The van der Waals surface area contributed by atoms with Gasteiger partial charge in [-0.2, -0.15) is 0 Å². The van der Waals surface area contributed by atoms with Crippen LogP contribution in [0.5, 0.6) is 0 Å². The SMILES string of the molecule is CC(C)(C)OC(=O)N1CCN(Cc2ccccc2)C[C@H]1CC(C(O)c1ccccc1)N(Cc1ccccc1)Cc1ccccc1. The van der Waals surface area contributed by atoms with Gasteiger partial charge in [-0.25, -0.2) is 4.79 Å². The predicted molar refractivity (Wildman–Crippen MR) is 180 cm³/mol. The summed E-state index contributed by atoms with van der Waals surface area (Å²) >= 11 is 0. The third kappa shape index (κ3) is 9.51. The quantitative estimate of drug-likeness (QED) is 0.194. The molecule has 1 amide bonds. The third-order valence-corrected chi connectivity index (χ3v) is 8.39. The minimum atomic E-state index is -0.761. The van der Waals surface area contributed by atoms with Gasteiger partial charge in [-0.15, -0.1) is 0 Å². The summed E-state index contributed by atoms with van der Waals surface area (Å²) < 4.78 is 5.93. The lowest BCUT2D eigenvalue weighted by molar-refractivity contribution is -0.0239. The molecule has 0 radical (unpaired) electrons. The van der Waals surface area contributed by atoms with Gasteiger partial charge in [0.1, 0.15) is 5.60 Å². The summed E-state index contributed by atoms with van der Waals surface area (Å²) in [6, 6.07) is 40.8. The first-order chi connectivity index (χ1) is 21.7. The Morgan fingerprint density at radius 1 is 0.778 bits per heavy atom. The summed E-state index contributed by atoms with van der Waals surface area (Å²) in [5, 5.41) is 12.2. The Kier molecular flexibility index (Phi) is 11.1. The van der Waals surface area contributed by atoms with Crippen molar-refractivity contribution in [3.8, 4) is 0 Å². The molecule has 0 aliphatic carbocycles. The number of hydrogen-bond donors (Lipinski definition) is 1. The third-order valence-electron chi connectivity index (χ3n) is 8.39. The number of benzene rings is 4. The Bertz CT molecular complexity index is 1400. The maximum atomic E-state index is 13.7. The number of hydrogen-bond acceptors (Lipinski definition) is 5. The second-order valence-corrected chi connectivity index (χ2v) is 13.1. The van der Waals surface area contributed by atoms with Crippen molar-refractivity contribution in [2.45, 2.75) is 70.6 Å². The first-order valence-corrected chi connectivity index (χ1v) is 16.1. The molecule has 1 aliphatic heterocycles. The fraction of sp³-hybridized carbons (Fsp3) is 0.359. The fourth-order valence-electron chi connectivity index (χ4n) is 6.22. The molecule has 6 heteroatoms. The molecule has 0 spiro atoms. The molecular weight excluding hydrogens is 558 g/mol. The zero-order chi connectivity index (χ0) is 31.6. The second kappa shape index (κ2) is 15.3. The summed E-state index contributed by atoms with van der Waals surface area (Å²) in [5.74, 6) is 0. The minimum absolute atomic E-state index is 0.158. The molecule has 0 bridgehead atoms. The number of rotatable bonds is 11. The average molecular weight is 606 g/mol. The van der Waals surface area contributed by atoms with Gasteiger partial charge in [0, 0.05) is 51.4 Å². The Morgan fingerprint density at radius 2 is 1.27 bits per heavy atom. The van der Waals surface area contributed by atoms with Crippen molar-refractivity contribution in [3.63, 3.8) is 0 Å². The molecule has 1 N–H and O–H groups in total. The molecule has 45 heavy (non-hydrogen) atoms. The van der Waals surface area contributed by atoms with E-state index in [2.05, 4.69) is 82.6 Å². The minimum Gasteiger partial charge on any atom is -0.444 e. The summed E-state index contributed by atoms with van der Waals surface area (Å²) in [6.45, 7) is 9.89. The Morgan fingerprint density at radius 3 is 1.78 bits per heavy atom. The summed E-state index contributed by atoms with van der Waals surface area (Å²) in [7, 11) is 0. The molecule has 6 nitrogen and oxygen atoms in total. The lowest BCUT2D eigenvalue weighted by Crippen LogP contribution is -2.58. The van der Waals surface area contributed by atoms with Crippen LogP contribution in [0.25, 0.3) is 0 Å². The summed E-state index contributed by atoms with van der Waals surface area (Å²) in [5.41, 5.74) is 3.87. The first-order valence-electron chi connectivity index (χ1n) is 16.1. The summed E-state index contributed by atoms with van der Waals surface area (Å²) in [6.07, 6.45) is -0.471. The van der Waals surface area contributed by atoms with Crippen LogP contribution in [-0.4, -0.2) is 63.2 Å². The van der Waals surface area contributed by atoms with E-state index in [1.165, 1.54) is 16.7 Å². The van der Waals surface area contributed by atoms with Gasteiger partial charge in [0.25, 0.3) is 0 Å². The molecule has 3 atom stereocenters. The number of nitrogens with zero attached hydrogens (tertiary/aromatic N) is 3. The largest absolute Gasteiger partial charge is 0.444 e. The van der Waals surface area contributed by atoms with Gasteiger partial charge >= 0.3 is 6.09 Å². The molecule has 5 rings (SSSR count). The van der Waals surface area contributed by atoms with Crippen molar-refractivity contribution < 1.29 is 14.6 Å². The smallest absolute Gasteiger partial charge is 0.410 e. The highest BCUT2D eigenvalue weighted by Crippen LogP contribution is 2.31. The Hall–Kier alpha value is -3.97. The van der Waals surface area contributed by atoms with Crippen LogP contribution in [0.3, 0.4) is 0 Å². The van der Waals surface area contributed by atoms with Gasteiger partial charge in [0.05, 0.1) is 6.10 Å². The van der Waals surface area contributed by atoms with Gasteiger partial charge in [-0.05, 0) is 49.4 Å². The number of aliphatic hydroxyl groups is 1. The molecule has 1 aliphatic rings. The molecule has 0 aromatic heterocycles. The van der Waals surface area contributed by atoms with E-state index in [1.807, 2.05) is 74.2 Å². The Labute approximate surface area is 268 Å². The van der Waals surface area contributed by atoms with Crippen LogP contribution in [0.1, 0.15) is 55.5 Å². The summed E-state index contributed by atoms with van der Waals surface area (Å²) in [4.78, 5) is 20.4. The van der Waals surface area contributed by atoms with Crippen molar-refractivity contribution in [1.29, 1.82) is 0 Å². The maximum absolute atomic E-state index is 13.7. The zero-order valence-corrected chi connectivity index (χ0v) is 26.8. The van der Waals surface area contributed by atoms with E-state index in [0.29, 0.717) is 32.6 Å². The van der Waals surface area contributed by atoms with Gasteiger partial charge in [-0.1, -0.05) is 121 Å². The standard InChI is InChI=1S/C39H47N3O3/c1-39(2,3)45-38(44)42-25-24-40(27-31-16-8-4-9-17-31)30-35(42)26-36(37(43)34-22-14-7-15-23-34)41(28-32-18-10-5-11-19-32)29-33-20-12-6-13-21-33/h4-23,35-37,43H,24-30H2,1-3H3/t35-,36?,37?/m1/s1. The number of carbonyl (C=O) groups is 1. The van der Waals surface area contributed by atoms with Crippen molar-refractivity contribution in [3.05, 3.63) is 144 Å². The van der Waals surface area contributed by atoms with Crippen LogP contribution in [-0.2, 0) is 24.4 Å². The van der Waals surface area contributed by atoms with E-state index in [-0.39, 0.29) is 18.2 Å².